The molecule has 0 aliphatic heterocycles. The Morgan fingerprint density at radius 1 is 1.33 bits per heavy atom. The molecule has 0 amide bonds. The second-order valence-corrected chi connectivity index (χ2v) is 4.56. The van der Waals surface area contributed by atoms with Crippen molar-refractivity contribution < 1.29 is 18.3 Å². The van der Waals surface area contributed by atoms with Crippen LogP contribution >= 0.6 is 0 Å². The molecule has 1 aliphatic carbocycles. The first kappa shape index (κ1) is 12.2. The maximum atomic E-state index is 10.7. The van der Waals surface area contributed by atoms with Crippen LogP contribution in [-0.2, 0) is 15.3 Å². The van der Waals surface area contributed by atoms with E-state index in [0.29, 0.717) is 12.3 Å². The van der Waals surface area contributed by atoms with Crippen LogP contribution in [0.25, 0.3) is 0 Å². The molecule has 1 N–H and O–H groups in total. The minimum atomic E-state index is -2.63. The highest BCUT2D eigenvalue weighted by molar-refractivity contribution is 7.61. The summed E-state index contributed by atoms with van der Waals surface area (Å²) in [5.74, 6) is -0.836. The summed E-state index contributed by atoms with van der Waals surface area (Å²) in [6.45, 7) is 0. The van der Waals surface area contributed by atoms with Gasteiger partial charge in [0.15, 0.2) is 6.04 Å². The van der Waals surface area contributed by atoms with E-state index in [1.807, 2.05) is 0 Å². The largest absolute Gasteiger partial charge is 0.480 e. The van der Waals surface area contributed by atoms with Crippen LogP contribution < -0.4 is 0 Å². The van der Waals surface area contributed by atoms with E-state index in [1.165, 1.54) is 6.42 Å². The lowest BCUT2D eigenvalue weighted by Gasteiger charge is -2.22. The number of hydrogen-bond acceptors (Lipinski definition) is 4. The van der Waals surface area contributed by atoms with Crippen molar-refractivity contribution in [2.45, 2.75) is 44.6 Å². The molecule has 5 nitrogen and oxygen atoms in total. The zero-order chi connectivity index (χ0) is 11.3. The van der Waals surface area contributed by atoms with Gasteiger partial charge in [0, 0.05) is 0 Å². The second-order valence-electron chi connectivity index (χ2n) is 3.92. The number of rotatable bonds is 4. The molecule has 0 aromatic rings. The molecule has 0 aromatic heterocycles. The first-order chi connectivity index (χ1) is 7.09. The Labute approximate surface area is 90.2 Å². The normalized spacial score (nSPS) is 19.5. The molecule has 0 unspecified atom stereocenters. The van der Waals surface area contributed by atoms with E-state index in [0.717, 1.165) is 25.7 Å². The van der Waals surface area contributed by atoms with Gasteiger partial charge in [-0.3, -0.25) is 0 Å². The average molecular weight is 233 g/mol. The van der Waals surface area contributed by atoms with Gasteiger partial charge in [0.25, 0.3) is 0 Å². The zero-order valence-corrected chi connectivity index (χ0v) is 9.24. The van der Waals surface area contributed by atoms with Crippen molar-refractivity contribution in [2.75, 3.05) is 0 Å². The van der Waals surface area contributed by atoms with Gasteiger partial charge in [-0.05, 0) is 12.3 Å². The smallest absolute Gasteiger partial charge is 0.329 e. The average Bonchev–Trinajstić information content (AvgIpc) is 2.17. The molecule has 1 saturated carbocycles. The van der Waals surface area contributed by atoms with E-state index in [1.54, 1.807) is 0 Å². The van der Waals surface area contributed by atoms with Crippen LogP contribution in [0.5, 0.6) is 0 Å². The summed E-state index contributed by atoms with van der Waals surface area (Å²) in [4.78, 5) is 10.7. The van der Waals surface area contributed by atoms with Crippen LogP contribution in [0.2, 0.25) is 0 Å². The molecule has 0 saturated heterocycles. The quantitative estimate of drug-likeness (QED) is 0.797. The summed E-state index contributed by atoms with van der Waals surface area (Å²) in [6, 6.07) is -1.09. The third-order valence-corrected chi connectivity index (χ3v) is 3.21. The SMILES string of the molecule is O=C(O)[C@H](CC1CCCCC1)N=S(=O)=O. The first-order valence-corrected chi connectivity index (χ1v) is 6.16. The lowest BCUT2D eigenvalue weighted by atomic mass is 9.85. The molecule has 1 aliphatic rings. The molecule has 1 atom stereocenters. The Balaban J connectivity index is 2.57. The Morgan fingerprint density at radius 3 is 2.40 bits per heavy atom. The van der Waals surface area contributed by atoms with Crippen LogP contribution in [0.15, 0.2) is 4.36 Å². The summed E-state index contributed by atoms with van der Waals surface area (Å²) in [5.41, 5.74) is 0. The van der Waals surface area contributed by atoms with Crippen molar-refractivity contribution in [1.82, 2.24) is 0 Å². The van der Waals surface area contributed by atoms with E-state index >= 15 is 0 Å². The molecule has 1 rings (SSSR count). The molecule has 1 fully saturated rings. The highest BCUT2D eigenvalue weighted by atomic mass is 32.2. The van der Waals surface area contributed by atoms with E-state index in [9.17, 15) is 13.2 Å². The summed E-state index contributed by atoms with van der Waals surface area (Å²) in [5, 5.41) is 8.79. The molecule has 0 radical (unpaired) electrons. The highest BCUT2D eigenvalue weighted by Gasteiger charge is 2.23. The Bertz CT molecular complexity index is 335. The van der Waals surface area contributed by atoms with Crippen LogP contribution in [-0.4, -0.2) is 25.5 Å². The topological polar surface area (TPSA) is 83.8 Å². The van der Waals surface area contributed by atoms with Crippen molar-refractivity contribution >= 4 is 16.5 Å². The Hall–Kier alpha value is -0.910. The van der Waals surface area contributed by atoms with Crippen molar-refractivity contribution in [1.29, 1.82) is 0 Å². The van der Waals surface area contributed by atoms with Gasteiger partial charge < -0.3 is 5.11 Å². The lowest BCUT2D eigenvalue weighted by Crippen LogP contribution is -2.22. The predicted octanol–water partition coefficient (Wildman–Crippen LogP) is 1.47. The van der Waals surface area contributed by atoms with Crippen molar-refractivity contribution in [3.05, 3.63) is 0 Å². The number of nitrogens with zero attached hydrogens (tertiary/aromatic N) is 1. The molecule has 86 valence electrons. The maximum absolute atomic E-state index is 10.7. The minimum Gasteiger partial charge on any atom is -0.480 e. The fraction of sp³-hybridized carbons (Fsp3) is 0.889. The molecule has 15 heavy (non-hydrogen) atoms. The Kier molecular flexibility index (Phi) is 4.74. The molecular weight excluding hydrogens is 218 g/mol. The summed E-state index contributed by atoms with van der Waals surface area (Å²) < 4.78 is 23.8. The number of carbonyl (C=O) groups is 1. The van der Waals surface area contributed by atoms with Crippen LogP contribution in [0.4, 0.5) is 0 Å². The molecular formula is C9H15NO4S. The number of aliphatic carboxylic acids is 1. The van der Waals surface area contributed by atoms with Crippen molar-refractivity contribution in [2.24, 2.45) is 10.3 Å². The maximum Gasteiger partial charge on any atom is 0.329 e. The van der Waals surface area contributed by atoms with E-state index in [2.05, 4.69) is 4.36 Å². The van der Waals surface area contributed by atoms with E-state index in [-0.39, 0.29) is 0 Å². The van der Waals surface area contributed by atoms with Crippen molar-refractivity contribution in [3.63, 3.8) is 0 Å². The first-order valence-electron chi connectivity index (χ1n) is 5.12. The number of carboxylic acid groups (broad SMARTS) is 1. The van der Waals surface area contributed by atoms with Crippen LogP contribution in [0.3, 0.4) is 0 Å². The lowest BCUT2D eigenvalue weighted by molar-refractivity contribution is -0.138. The summed E-state index contributed by atoms with van der Waals surface area (Å²) in [6.07, 6.45) is 5.74. The molecule has 0 heterocycles. The molecule has 6 heteroatoms. The standard InChI is InChI=1S/C9H15NO4S/c11-9(12)8(10-15(13)14)6-7-4-2-1-3-5-7/h7-8H,1-6H2,(H,11,12)/t8-/m0/s1. The van der Waals surface area contributed by atoms with Gasteiger partial charge in [-0.1, -0.05) is 32.1 Å². The van der Waals surface area contributed by atoms with Crippen LogP contribution in [0.1, 0.15) is 38.5 Å². The third kappa shape index (κ3) is 4.42. The molecule has 0 aromatic carbocycles. The van der Waals surface area contributed by atoms with Gasteiger partial charge in [0.1, 0.15) is 0 Å². The second kappa shape index (κ2) is 5.85. The molecule has 0 bridgehead atoms. The van der Waals surface area contributed by atoms with E-state index < -0.39 is 22.5 Å². The fourth-order valence-corrected chi connectivity index (χ4v) is 2.42. The minimum absolute atomic E-state index is 0.312. The Morgan fingerprint density at radius 2 is 1.93 bits per heavy atom. The third-order valence-electron chi connectivity index (χ3n) is 2.78. The van der Waals surface area contributed by atoms with Crippen LogP contribution in [0, 0.1) is 5.92 Å². The number of carboxylic acids is 1. The van der Waals surface area contributed by atoms with Gasteiger partial charge in [0.05, 0.1) is 0 Å². The highest BCUT2D eigenvalue weighted by Crippen LogP contribution is 2.28. The van der Waals surface area contributed by atoms with Gasteiger partial charge in [0.2, 0.25) is 0 Å². The van der Waals surface area contributed by atoms with Gasteiger partial charge in [-0.15, -0.1) is 0 Å². The summed E-state index contributed by atoms with van der Waals surface area (Å²) >= 11 is 0. The number of hydrogen-bond donors (Lipinski definition) is 1. The van der Waals surface area contributed by atoms with Gasteiger partial charge in [-0.2, -0.15) is 12.8 Å². The molecule has 0 spiro atoms. The predicted molar refractivity (Wildman–Crippen MR) is 54.0 cm³/mol. The van der Waals surface area contributed by atoms with Gasteiger partial charge in [-0.25, -0.2) is 4.79 Å². The monoisotopic (exact) mass is 233 g/mol. The zero-order valence-electron chi connectivity index (χ0n) is 8.42. The van der Waals surface area contributed by atoms with E-state index in [4.69, 9.17) is 5.11 Å². The van der Waals surface area contributed by atoms with Crippen molar-refractivity contribution in [3.8, 4) is 0 Å². The summed E-state index contributed by atoms with van der Waals surface area (Å²) in [7, 11) is -2.63. The fourth-order valence-electron chi connectivity index (χ4n) is 2.03. The van der Waals surface area contributed by atoms with Gasteiger partial charge >= 0.3 is 16.5 Å².